The molecule has 8 nitrogen and oxygen atoms in total. The lowest BCUT2D eigenvalue weighted by molar-refractivity contribution is -0.172. The van der Waals surface area contributed by atoms with E-state index in [1.807, 2.05) is 0 Å². The fraction of sp³-hybridized carbons (Fsp3) is 0.345. The number of benzene rings is 2. The van der Waals surface area contributed by atoms with Gasteiger partial charge in [0.15, 0.2) is 17.3 Å². The second kappa shape index (κ2) is 12.4. The summed E-state index contributed by atoms with van der Waals surface area (Å²) in [5, 5.41) is 4.62. The van der Waals surface area contributed by atoms with Gasteiger partial charge in [-0.15, -0.1) is 0 Å². The van der Waals surface area contributed by atoms with Crippen molar-refractivity contribution < 1.29 is 49.4 Å². The van der Waals surface area contributed by atoms with Crippen LogP contribution in [0.5, 0.6) is 11.5 Å². The Kier molecular flexibility index (Phi) is 8.76. The highest BCUT2D eigenvalue weighted by Gasteiger charge is 2.40. The zero-order valence-electron chi connectivity index (χ0n) is 23.1. The third-order valence-corrected chi connectivity index (χ3v) is 7.60. The number of carbonyl (C=O) groups is 2. The van der Waals surface area contributed by atoms with Crippen LogP contribution in [0.2, 0.25) is 0 Å². The fourth-order valence-corrected chi connectivity index (χ4v) is 5.38. The summed E-state index contributed by atoms with van der Waals surface area (Å²) in [5.74, 6) is -14.0. The minimum Gasteiger partial charge on any atom is -0.451 e. The van der Waals surface area contributed by atoms with Crippen LogP contribution in [0.4, 0.5) is 40.9 Å². The van der Waals surface area contributed by atoms with Gasteiger partial charge >= 0.3 is 6.18 Å². The third-order valence-electron chi connectivity index (χ3n) is 7.60. The van der Waals surface area contributed by atoms with Gasteiger partial charge in [0.25, 0.3) is 0 Å². The van der Waals surface area contributed by atoms with Gasteiger partial charge in [-0.1, -0.05) is 19.3 Å². The molecular weight excluding hydrogens is 618 g/mol. The molecule has 5 rings (SSSR count). The van der Waals surface area contributed by atoms with E-state index in [4.69, 9.17) is 10.5 Å². The van der Waals surface area contributed by atoms with Gasteiger partial charge in [0, 0.05) is 23.6 Å². The number of halogens is 8. The first-order valence-corrected chi connectivity index (χ1v) is 13.7. The summed E-state index contributed by atoms with van der Waals surface area (Å²) in [6.45, 7) is 0. The average molecular weight is 642 g/mol. The van der Waals surface area contributed by atoms with Crippen LogP contribution < -0.4 is 10.5 Å². The lowest BCUT2D eigenvalue weighted by Crippen LogP contribution is -2.30. The Morgan fingerprint density at radius 2 is 1.62 bits per heavy atom. The third kappa shape index (κ3) is 6.44. The largest absolute Gasteiger partial charge is 0.451 e. The van der Waals surface area contributed by atoms with Crippen LogP contribution in [0, 0.1) is 35.0 Å². The van der Waals surface area contributed by atoms with Crippen molar-refractivity contribution >= 4 is 28.4 Å². The van der Waals surface area contributed by atoms with Crippen LogP contribution >= 0.6 is 0 Å². The number of nitrogens with zero attached hydrogens (tertiary/aromatic N) is 4. The number of hydrogen-bond acceptors (Lipinski definition) is 7. The molecule has 2 N–H and O–H groups in total. The number of nitrogens with two attached hydrogens (primary N) is 1. The number of ether oxygens (including phenoxy) is 1. The SMILES string of the molecule is Nc1ncnc2c1c(-c1ccc(Oc3c(F)c(F)cc(F)c3F)cc1F)nn2C1CCCCCC(C(=O)CC(=O)C(F)(F)F)C1. The first-order chi connectivity index (χ1) is 21.3. The van der Waals surface area contributed by atoms with Crippen molar-refractivity contribution in [3.8, 4) is 22.8 Å². The standard InChI is InChI=1S/C29H23F8N5O3/c30-17-9-15(45-26-23(33)18(31)10-19(32)24(26)34)6-7-16(17)25-22-27(38)39-12-40-28(22)42(41-25)14-5-3-1-2-4-13(8-14)20(43)11-21(44)29(35,36)37/h6-7,9-10,12-14H,1-5,8,11H2,(H2,38,39,40). The van der Waals surface area contributed by atoms with Crippen LogP contribution in [0.1, 0.15) is 51.0 Å². The molecule has 1 aliphatic rings. The van der Waals surface area contributed by atoms with E-state index in [0.29, 0.717) is 31.7 Å². The van der Waals surface area contributed by atoms with Crippen LogP contribution in [0.25, 0.3) is 22.3 Å². The van der Waals surface area contributed by atoms with E-state index in [-0.39, 0.29) is 47.0 Å². The molecule has 0 saturated heterocycles. The second-order valence-corrected chi connectivity index (χ2v) is 10.6. The maximum Gasteiger partial charge on any atom is 0.450 e. The fourth-order valence-electron chi connectivity index (χ4n) is 5.38. The first-order valence-electron chi connectivity index (χ1n) is 13.7. The van der Waals surface area contributed by atoms with Gasteiger partial charge < -0.3 is 10.5 Å². The Morgan fingerprint density at radius 3 is 2.29 bits per heavy atom. The summed E-state index contributed by atoms with van der Waals surface area (Å²) in [6, 6.07) is 2.26. The molecule has 238 valence electrons. The molecule has 1 saturated carbocycles. The molecular formula is C29H23F8N5O3. The van der Waals surface area contributed by atoms with Crippen molar-refractivity contribution in [3.05, 3.63) is 59.7 Å². The lowest BCUT2D eigenvalue weighted by Gasteiger charge is -2.26. The molecule has 4 aromatic rings. The van der Waals surface area contributed by atoms with Crippen LogP contribution in [0.15, 0.2) is 30.6 Å². The van der Waals surface area contributed by atoms with E-state index in [1.54, 1.807) is 0 Å². The monoisotopic (exact) mass is 641 g/mol. The molecule has 0 spiro atoms. The Labute approximate surface area is 249 Å². The van der Waals surface area contributed by atoms with Gasteiger partial charge in [-0.25, -0.2) is 27.8 Å². The van der Waals surface area contributed by atoms with Gasteiger partial charge in [-0.05, 0) is 31.4 Å². The first kappa shape index (κ1) is 31.8. The van der Waals surface area contributed by atoms with E-state index in [2.05, 4.69) is 15.1 Å². The topological polar surface area (TPSA) is 113 Å². The summed E-state index contributed by atoms with van der Waals surface area (Å²) < 4.78 is 116. The van der Waals surface area contributed by atoms with Gasteiger partial charge in [0.1, 0.15) is 35.2 Å². The van der Waals surface area contributed by atoms with Crippen molar-refractivity contribution in [1.82, 2.24) is 19.7 Å². The number of fused-ring (bicyclic) bond motifs is 1. The molecule has 0 amide bonds. The predicted molar refractivity (Wildman–Crippen MR) is 142 cm³/mol. The number of nitrogen functional groups attached to an aromatic ring is 1. The van der Waals surface area contributed by atoms with Gasteiger partial charge in [0.2, 0.25) is 23.2 Å². The number of ketones is 2. The molecule has 0 radical (unpaired) electrons. The van der Waals surface area contributed by atoms with Crippen molar-refractivity contribution in [1.29, 1.82) is 0 Å². The molecule has 45 heavy (non-hydrogen) atoms. The molecule has 2 heterocycles. The molecule has 0 aliphatic heterocycles. The summed E-state index contributed by atoms with van der Waals surface area (Å²) in [4.78, 5) is 32.5. The highest BCUT2D eigenvalue weighted by molar-refractivity contribution is 6.02. The van der Waals surface area contributed by atoms with Crippen molar-refractivity contribution in [2.24, 2.45) is 5.92 Å². The second-order valence-electron chi connectivity index (χ2n) is 10.6. The smallest absolute Gasteiger partial charge is 0.450 e. The van der Waals surface area contributed by atoms with Crippen molar-refractivity contribution in [2.45, 2.75) is 57.2 Å². The van der Waals surface area contributed by atoms with E-state index >= 15 is 4.39 Å². The quantitative estimate of drug-likeness (QED) is 0.129. The number of hydrogen-bond donors (Lipinski definition) is 1. The predicted octanol–water partition coefficient (Wildman–Crippen LogP) is 7.17. The average Bonchev–Trinajstić information content (AvgIpc) is 3.34. The molecule has 2 unspecified atom stereocenters. The van der Waals surface area contributed by atoms with E-state index in [1.165, 1.54) is 4.68 Å². The maximum atomic E-state index is 15.5. The van der Waals surface area contributed by atoms with E-state index < -0.39 is 76.7 Å². The van der Waals surface area contributed by atoms with Gasteiger partial charge in [0.05, 0.1) is 17.8 Å². The number of alkyl halides is 3. The van der Waals surface area contributed by atoms with Gasteiger partial charge in [-0.3, -0.25) is 9.59 Å². The number of aromatic nitrogens is 4. The zero-order valence-corrected chi connectivity index (χ0v) is 23.1. The highest BCUT2D eigenvalue weighted by Crippen LogP contribution is 2.39. The number of anilines is 1. The number of rotatable bonds is 7. The van der Waals surface area contributed by atoms with Crippen LogP contribution in [0.3, 0.4) is 0 Å². The highest BCUT2D eigenvalue weighted by atomic mass is 19.4. The Hall–Kier alpha value is -4.63. The molecule has 16 heteroatoms. The molecule has 2 aromatic heterocycles. The zero-order chi connectivity index (χ0) is 32.6. The van der Waals surface area contributed by atoms with Crippen molar-refractivity contribution in [2.75, 3.05) is 5.73 Å². The van der Waals surface area contributed by atoms with E-state index in [9.17, 15) is 40.3 Å². The number of carbonyl (C=O) groups excluding carboxylic acids is 2. The summed E-state index contributed by atoms with van der Waals surface area (Å²) in [6.07, 6.45) is -2.69. The molecule has 1 aliphatic carbocycles. The minimum absolute atomic E-state index is 0.00861. The summed E-state index contributed by atoms with van der Waals surface area (Å²) in [7, 11) is 0. The summed E-state index contributed by atoms with van der Waals surface area (Å²) >= 11 is 0. The molecule has 0 bridgehead atoms. The maximum absolute atomic E-state index is 15.5. The Bertz CT molecular complexity index is 1770. The van der Waals surface area contributed by atoms with Crippen molar-refractivity contribution in [3.63, 3.8) is 0 Å². The molecule has 1 fully saturated rings. The van der Waals surface area contributed by atoms with E-state index in [0.717, 1.165) is 18.5 Å². The number of Topliss-reactive ketones (excluding diaryl/α,β-unsaturated/α-hetero) is 2. The Balaban J connectivity index is 1.50. The lowest BCUT2D eigenvalue weighted by atomic mass is 9.84. The minimum atomic E-state index is -5.14. The Morgan fingerprint density at radius 1 is 0.933 bits per heavy atom. The molecule has 2 atom stereocenters. The van der Waals surface area contributed by atoms with Gasteiger partial charge in [-0.2, -0.15) is 27.1 Å². The normalized spacial score (nSPS) is 17.6. The molecule has 2 aromatic carbocycles. The van der Waals surface area contributed by atoms with Crippen LogP contribution in [-0.4, -0.2) is 37.5 Å². The summed E-state index contributed by atoms with van der Waals surface area (Å²) in [5.41, 5.74) is 5.97. The van der Waals surface area contributed by atoms with Crippen LogP contribution in [-0.2, 0) is 9.59 Å².